The fraction of sp³-hybridized carbons (Fsp3) is 0.250. The second-order valence-corrected chi connectivity index (χ2v) is 7.99. The fourth-order valence-corrected chi connectivity index (χ4v) is 4.27. The van der Waals surface area contributed by atoms with Crippen molar-refractivity contribution < 1.29 is 14.4 Å². The number of rotatable bonds is 6. The molecule has 1 unspecified atom stereocenters. The zero-order chi connectivity index (χ0) is 23.7. The van der Waals surface area contributed by atoms with E-state index in [2.05, 4.69) is 26.7 Å². The Hall–Kier alpha value is -4.02. The number of nitrogens with one attached hydrogen (secondary N) is 2. The van der Waals surface area contributed by atoms with Crippen LogP contribution in [-0.2, 0) is 11.8 Å². The van der Waals surface area contributed by atoms with Crippen molar-refractivity contribution in [1.82, 2.24) is 19.9 Å². The van der Waals surface area contributed by atoms with Gasteiger partial charge in [0.05, 0.1) is 35.6 Å². The number of morpholine rings is 1. The summed E-state index contributed by atoms with van der Waals surface area (Å²) in [7, 11) is 3.51. The number of nitro groups is 1. The number of benzene rings is 2. The minimum Gasteiger partial charge on any atom is -0.495 e. The molecule has 2 aromatic heterocycles. The number of nitro benzene ring substituents is 1. The summed E-state index contributed by atoms with van der Waals surface area (Å²) in [6.45, 7) is 1.69. The van der Waals surface area contributed by atoms with E-state index >= 15 is 0 Å². The van der Waals surface area contributed by atoms with E-state index in [0.717, 1.165) is 22.2 Å². The predicted molar refractivity (Wildman–Crippen MR) is 128 cm³/mol. The maximum absolute atomic E-state index is 11.9. The number of nitrogens with zero attached hydrogens (tertiary/aromatic N) is 4. The molecule has 10 nitrogen and oxygen atoms in total. The first-order valence-electron chi connectivity index (χ1n) is 10.9. The molecule has 4 aromatic rings. The highest BCUT2D eigenvalue weighted by atomic mass is 16.6. The minimum absolute atomic E-state index is 0.0535. The third kappa shape index (κ3) is 4.04. The van der Waals surface area contributed by atoms with Crippen molar-refractivity contribution in [3.05, 3.63) is 70.5 Å². The third-order valence-electron chi connectivity index (χ3n) is 5.89. The molecule has 1 saturated heterocycles. The van der Waals surface area contributed by atoms with Crippen LogP contribution < -0.4 is 15.4 Å². The van der Waals surface area contributed by atoms with Gasteiger partial charge in [-0.2, -0.15) is 0 Å². The lowest BCUT2D eigenvalue weighted by molar-refractivity contribution is -0.386. The Balaban J connectivity index is 1.52. The van der Waals surface area contributed by atoms with Crippen LogP contribution in [0.25, 0.3) is 22.2 Å². The number of hydrogen-bond acceptors (Lipinski definition) is 8. The SMILES string of the molecule is COc1cc(C2CNCCO2)c([N+](=O)[O-])cc1Nc1nccc(-c2cn(C)c3ccccc23)n1. The molecule has 1 atom stereocenters. The Morgan fingerprint density at radius 2 is 2.15 bits per heavy atom. The Morgan fingerprint density at radius 3 is 2.91 bits per heavy atom. The second-order valence-electron chi connectivity index (χ2n) is 7.99. The molecule has 34 heavy (non-hydrogen) atoms. The zero-order valence-electron chi connectivity index (χ0n) is 18.8. The molecule has 5 rings (SSSR count). The van der Waals surface area contributed by atoms with Crippen LogP contribution in [0.1, 0.15) is 11.7 Å². The predicted octanol–water partition coefficient (Wildman–Crippen LogP) is 3.96. The second kappa shape index (κ2) is 9.08. The lowest BCUT2D eigenvalue weighted by Gasteiger charge is -2.24. The van der Waals surface area contributed by atoms with E-state index in [1.807, 2.05) is 42.1 Å². The molecule has 0 aliphatic carbocycles. The third-order valence-corrected chi connectivity index (χ3v) is 5.89. The molecule has 3 heterocycles. The normalized spacial score (nSPS) is 15.9. The van der Waals surface area contributed by atoms with Crippen molar-refractivity contribution in [2.24, 2.45) is 7.05 Å². The summed E-state index contributed by atoms with van der Waals surface area (Å²) in [5, 5.41) is 19.2. The van der Waals surface area contributed by atoms with Gasteiger partial charge < -0.3 is 24.7 Å². The molecule has 1 aliphatic heterocycles. The first-order valence-corrected chi connectivity index (χ1v) is 10.9. The number of ether oxygens (including phenoxy) is 2. The van der Waals surface area contributed by atoms with E-state index in [1.54, 1.807) is 12.3 Å². The highest BCUT2D eigenvalue weighted by molar-refractivity contribution is 5.95. The number of hydrogen-bond donors (Lipinski definition) is 2. The first-order chi connectivity index (χ1) is 16.5. The molecule has 0 saturated carbocycles. The van der Waals surface area contributed by atoms with Crippen LogP contribution in [-0.4, -0.2) is 46.3 Å². The van der Waals surface area contributed by atoms with E-state index in [-0.39, 0.29) is 5.69 Å². The van der Waals surface area contributed by atoms with Gasteiger partial charge in [0.2, 0.25) is 5.95 Å². The van der Waals surface area contributed by atoms with Crippen LogP contribution in [0.4, 0.5) is 17.3 Å². The van der Waals surface area contributed by atoms with E-state index < -0.39 is 11.0 Å². The van der Waals surface area contributed by atoms with Crippen molar-refractivity contribution in [3.8, 4) is 17.0 Å². The van der Waals surface area contributed by atoms with E-state index in [1.165, 1.54) is 13.2 Å². The van der Waals surface area contributed by atoms with Gasteiger partial charge in [0.1, 0.15) is 11.9 Å². The molecule has 2 N–H and O–H groups in total. The molecule has 2 aromatic carbocycles. The van der Waals surface area contributed by atoms with Crippen LogP contribution in [0.5, 0.6) is 5.75 Å². The maximum atomic E-state index is 11.9. The Labute approximate surface area is 195 Å². The lowest BCUT2D eigenvalue weighted by atomic mass is 10.0. The Morgan fingerprint density at radius 1 is 1.29 bits per heavy atom. The molecular weight excluding hydrogens is 436 g/mol. The number of methoxy groups -OCH3 is 1. The maximum Gasteiger partial charge on any atom is 0.277 e. The van der Waals surface area contributed by atoms with Crippen molar-refractivity contribution in [3.63, 3.8) is 0 Å². The average Bonchev–Trinajstić information content (AvgIpc) is 3.21. The molecule has 10 heteroatoms. The summed E-state index contributed by atoms with van der Waals surface area (Å²) in [4.78, 5) is 20.4. The monoisotopic (exact) mass is 460 g/mol. The van der Waals surface area contributed by atoms with E-state index in [4.69, 9.17) is 9.47 Å². The van der Waals surface area contributed by atoms with Crippen molar-refractivity contribution in [2.75, 3.05) is 32.1 Å². The smallest absolute Gasteiger partial charge is 0.277 e. The van der Waals surface area contributed by atoms with Crippen LogP contribution in [0, 0.1) is 10.1 Å². The van der Waals surface area contributed by atoms with Gasteiger partial charge in [-0.25, -0.2) is 9.97 Å². The summed E-state index contributed by atoms with van der Waals surface area (Å²) in [6, 6.07) is 13.0. The Kier molecular flexibility index (Phi) is 5.83. The number of fused-ring (bicyclic) bond motifs is 1. The number of para-hydroxylation sites is 1. The van der Waals surface area contributed by atoms with Crippen LogP contribution in [0.2, 0.25) is 0 Å². The summed E-state index contributed by atoms with van der Waals surface area (Å²) in [5.41, 5.74) is 3.61. The quantitative estimate of drug-likeness (QED) is 0.328. The molecule has 0 bridgehead atoms. The summed E-state index contributed by atoms with van der Waals surface area (Å²) in [6.07, 6.45) is 3.25. The molecule has 1 aliphatic rings. The van der Waals surface area contributed by atoms with Crippen LogP contribution >= 0.6 is 0 Å². The van der Waals surface area contributed by atoms with Gasteiger partial charge in [-0.1, -0.05) is 18.2 Å². The molecule has 174 valence electrons. The topological polar surface area (TPSA) is 116 Å². The van der Waals surface area contributed by atoms with Gasteiger partial charge in [-0.05, 0) is 18.2 Å². The Bertz CT molecular complexity index is 1360. The van der Waals surface area contributed by atoms with Crippen molar-refractivity contribution in [2.45, 2.75) is 6.10 Å². The van der Waals surface area contributed by atoms with E-state index in [9.17, 15) is 10.1 Å². The summed E-state index contributed by atoms with van der Waals surface area (Å²) >= 11 is 0. The van der Waals surface area contributed by atoms with Crippen LogP contribution in [0.15, 0.2) is 54.9 Å². The fourth-order valence-electron chi connectivity index (χ4n) is 4.27. The average molecular weight is 460 g/mol. The molecule has 0 spiro atoms. The van der Waals surface area contributed by atoms with Crippen LogP contribution in [0.3, 0.4) is 0 Å². The van der Waals surface area contributed by atoms with Gasteiger partial charge in [0.25, 0.3) is 5.69 Å². The zero-order valence-corrected chi connectivity index (χ0v) is 18.8. The molecular formula is C24H24N6O4. The highest BCUT2D eigenvalue weighted by Gasteiger charge is 2.27. The standard InChI is InChI=1S/C24H24N6O4/c1-29-14-17(15-5-3-4-6-20(15)29)18-7-8-26-24(27-18)28-19-12-21(30(31)32)16(11-22(19)33-2)23-13-25-9-10-34-23/h3-8,11-12,14,23,25H,9-10,13H2,1-2H3,(H,26,27,28). The highest BCUT2D eigenvalue weighted by Crippen LogP contribution is 2.38. The van der Waals surface area contributed by atoms with Gasteiger partial charge in [-0.15, -0.1) is 0 Å². The summed E-state index contributed by atoms with van der Waals surface area (Å²) in [5.74, 6) is 0.746. The van der Waals surface area contributed by atoms with Gasteiger partial charge in [0, 0.05) is 55.1 Å². The van der Waals surface area contributed by atoms with Gasteiger partial charge in [0.15, 0.2) is 0 Å². The first kappa shape index (κ1) is 21.8. The number of aryl methyl sites for hydroxylation is 1. The van der Waals surface area contributed by atoms with Gasteiger partial charge in [-0.3, -0.25) is 10.1 Å². The minimum atomic E-state index is -0.428. The van der Waals surface area contributed by atoms with E-state index in [0.29, 0.717) is 42.6 Å². The largest absolute Gasteiger partial charge is 0.495 e. The molecule has 0 amide bonds. The number of aromatic nitrogens is 3. The van der Waals surface area contributed by atoms with Gasteiger partial charge >= 0.3 is 0 Å². The van der Waals surface area contributed by atoms with Crippen molar-refractivity contribution in [1.29, 1.82) is 0 Å². The van der Waals surface area contributed by atoms with Crippen molar-refractivity contribution >= 4 is 28.2 Å². The molecule has 0 radical (unpaired) electrons. The summed E-state index contributed by atoms with van der Waals surface area (Å²) < 4.78 is 13.3. The molecule has 1 fully saturated rings. The lowest BCUT2D eigenvalue weighted by Crippen LogP contribution is -2.33. The number of anilines is 2.